The number of aromatic nitrogens is 3. The van der Waals surface area contributed by atoms with Crippen LogP contribution in [0.15, 0.2) is 6.07 Å². The van der Waals surface area contributed by atoms with Crippen LogP contribution in [-0.2, 0) is 7.05 Å². The van der Waals surface area contributed by atoms with Crippen molar-refractivity contribution in [2.24, 2.45) is 7.05 Å². The summed E-state index contributed by atoms with van der Waals surface area (Å²) in [6, 6.07) is 2.23. The Morgan fingerprint density at radius 1 is 0.909 bits per heavy atom. The van der Waals surface area contributed by atoms with Crippen LogP contribution < -0.4 is 9.80 Å². The van der Waals surface area contributed by atoms with Crippen molar-refractivity contribution in [3.8, 4) is 0 Å². The summed E-state index contributed by atoms with van der Waals surface area (Å²) in [4.78, 5) is 14.6. The Kier molecular flexibility index (Phi) is 4.17. The standard InChI is InChI=1S/C16H23N5.ClH/c1-12-11-13-14(19(12)2)17-16(21-9-5-6-10-21)18-15(13)20-7-3-4-8-20;/h11H,3-10H2,1-2H3;1H. The maximum absolute atomic E-state index is 4.95. The SMILES string of the molecule is Cc1cc2c(N3CCCC3)nc(N3CCCC3)nc2n1C.Cl. The van der Waals surface area contributed by atoms with Crippen LogP contribution in [0.1, 0.15) is 31.4 Å². The minimum atomic E-state index is 0. The molecule has 4 heterocycles. The van der Waals surface area contributed by atoms with Crippen molar-refractivity contribution in [1.29, 1.82) is 0 Å². The van der Waals surface area contributed by atoms with E-state index >= 15 is 0 Å². The molecule has 2 aromatic heterocycles. The first-order chi connectivity index (χ1) is 10.2. The van der Waals surface area contributed by atoms with Gasteiger partial charge in [0.25, 0.3) is 0 Å². The molecule has 22 heavy (non-hydrogen) atoms. The van der Waals surface area contributed by atoms with Crippen molar-refractivity contribution < 1.29 is 0 Å². The van der Waals surface area contributed by atoms with Crippen LogP contribution in [0.4, 0.5) is 11.8 Å². The molecule has 2 aliphatic heterocycles. The maximum Gasteiger partial charge on any atom is 0.229 e. The average Bonchev–Trinajstić information content (AvgIpc) is 3.22. The number of hydrogen-bond donors (Lipinski definition) is 0. The molecular weight excluding hydrogens is 298 g/mol. The summed E-state index contributed by atoms with van der Waals surface area (Å²) in [5, 5.41) is 1.21. The fraction of sp³-hybridized carbons (Fsp3) is 0.625. The second-order valence-corrected chi connectivity index (χ2v) is 6.32. The molecule has 2 saturated heterocycles. The Hall–Kier alpha value is -1.49. The molecule has 0 bridgehead atoms. The molecule has 120 valence electrons. The zero-order valence-corrected chi connectivity index (χ0v) is 14.2. The van der Waals surface area contributed by atoms with E-state index in [4.69, 9.17) is 9.97 Å². The van der Waals surface area contributed by atoms with Crippen molar-refractivity contribution in [2.75, 3.05) is 36.0 Å². The predicted octanol–water partition coefficient (Wildman–Crippen LogP) is 2.90. The molecule has 5 nitrogen and oxygen atoms in total. The van der Waals surface area contributed by atoms with E-state index in [2.05, 4.69) is 34.4 Å². The zero-order valence-electron chi connectivity index (χ0n) is 13.4. The van der Waals surface area contributed by atoms with E-state index in [9.17, 15) is 0 Å². The van der Waals surface area contributed by atoms with E-state index in [1.54, 1.807) is 0 Å². The summed E-state index contributed by atoms with van der Waals surface area (Å²) in [5.41, 5.74) is 2.32. The third-order valence-electron chi connectivity index (χ3n) is 4.89. The highest BCUT2D eigenvalue weighted by Gasteiger charge is 2.23. The van der Waals surface area contributed by atoms with Crippen LogP contribution in [0.2, 0.25) is 0 Å². The lowest BCUT2D eigenvalue weighted by molar-refractivity contribution is 0.860. The fourth-order valence-electron chi connectivity index (χ4n) is 3.52. The summed E-state index contributed by atoms with van der Waals surface area (Å²) in [6.07, 6.45) is 5.06. The van der Waals surface area contributed by atoms with E-state index in [0.29, 0.717) is 0 Å². The third kappa shape index (κ3) is 2.41. The summed E-state index contributed by atoms with van der Waals surface area (Å²) in [5.74, 6) is 2.06. The van der Waals surface area contributed by atoms with Crippen molar-refractivity contribution in [2.45, 2.75) is 32.6 Å². The number of hydrogen-bond acceptors (Lipinski definition) is 4. The number of fused-ring (bicyclic) bond motifs is 1. The van der Waals surface area contributed by atoms with Crippen LogP contribution in [0.5, 0.6) is 0 Å². The van der Waals surface area contributed by atoms with Crippen molar-refractivity contribution in [3.05, 3.63) is 11.8 Å². The van der Waals surface area contributed by atoms with Gasteiger partial charge in [-0.05, 0) is 38.7 Å². The largest absolute Gasteiger partial charge is 0.356 e. The second-order valence-electron chi connectivity index (χ2n) is 6.32. The Labute approximate surface area is 137 Å². The van der Waals surface area contributed by atoms with E-state index in [1.165, 1.54) is 36.8 Å². The smallest absolute Gasteiger partial charge is 0.229 e. The molecule has 6 heteroatoms. The third-order valence-corrected chi connectivity index (χ3v) is 4.89. The van der Waals surface area contributed by atoms with Gasteiger partial charge in [-0.2, -0.15) is 9.97 Å². The monoisotopic (exact) mass is 321 g/mol. The molecule has 2 fully saturated rings. The van der Waals surface area contributed by atoms with Crippen LogP contribution in [0, 0.1) is 6.92 Å². The topological polar surface area (TPSA) is 37.2 Å². The first-order valence-electron chi connectivity index (χ1n) is 8.08. The minimum absolute atomic E-state index is 0. The predicted molar refractivity (Wildman–Crippen MR) is 93.4 cm³/mol. The number of aryl methyl sites for hydroxylation is 2. The molecule has 0 atom stereocenters. The normalized spacial score (nSPS) is 18.3. The minimum Gasteiger partial charge on any atom is -0.356 e. The Bertz CT molecular complexity index is 669. The Morgan fingerprint density at radius 2 is 1.50 bits per heavy atom. The van der Waals surface area contributed by atoms with Gasteiger partial charge in [0.15, 0.2) is 0 Å². The van der Waals surface area contributed by atoms with Crippen LogP contribution in [0.3, 0.4) is 0 Å². The summed E-state index contributed by atoms with van der Waals surface area (Å²) in [6.45, 7) is 6.58. The van der Waals surface area contributed by atoms with Gasteiger partial charge in [-0.1, -0.05) is 0 Å². The van der Waals surface area contributed by atoms with E-state index < -0.39 is 0 Å². The second kappa shape index (κ2) is 5.95. The van der Waals surface area contributed by atoms with Crippen molar-refractivity contribution in [3.63, 3.8) is 0 Å². The molecule has 0 spiro atoms. The Morgan fingerprint density at radius 3 is 2.14 bits per heavy atom. The van der Waals surface area contributed by atoms with Gasteiger partial charge in [0.1, 0.15) is 11.5 Å². The first kappa shape index (κ1) is 15.4. The molecular formula is C16H24ClN5. The highest BCUT2D eigenvalue weighted by atomic mass is 35.5. The molecule has 2 aliphatic rings. The first-order valence-corrected chi connectivity index (χ1v) is 8.08. The molecule has 0 aromatic carbocycles. The van der Waals surface area contributed by atoms with E-state index in [1.807, 2.05) is 0 Å². The lowest BCUT2D eigenvalue weighted by Crippen LogP contribution is -2.24. The number of nitrogens with zero attached hydrogens (tertiary/aromatic N) is 5. The summed E-state index contributed by atoms with van der Waals surface area (Å²) in [7, 11) is 2.10. The molecule has 0 aliphatic carbocycles. The lowest BCUT2D eigenvalue weighted by atomic mass is 10.3. The average molecular weight is 322 g/mol. The summed E-state index contributed by atoms with van der Waals surface area (Å²) >= 11 is 0. The summed E-state index contributed by atoms with van der Waals surface area (Å²) < 4.78 is 2.19. The molecule has 0 unspecified atom stereocenters. The highest BCUT2D eigenvalue weighted by molar-refractivity contribution is 5.90. The van der Waals surface area contributed by atoms with Crippen LogP contribution in [-0.4, -0.2) is 40.7 Å². The van der Waals surface area contributed by atoms with Gasteiger partial charge in [-0.3, -0.25) is 0 Å². The van der Waals surface area contributed by atoms with E-state index in [-0.39, 0.29) is 12.4 Å². The lowest BCUT2D eigenvalue weighted by Gasteiger charge is -2.21. The van der Waals surface area contributed by atoms with Gasteiger partial charge in [0, 0.05) is 38.9 Å². The Balaban J connectivity index is 0.00000144. The molecule has 0 N–H and O–H groups in total. The molecule has 2 aromatic rings. The van der Waals surface area contributed by atoms with Crippen molar-refractivity contribution in [1.82, 2.24) is 14.5 Å². The van der Waals surface area contributed by atoms with Gasteiger partial charge >= 0.3 is 0 Å². The molecule has 0 radical (unpaired) electrons. The fourth-order valence-corrected chi connectivity index (χ4v) is 3.52. The number of anilines is 2. The van der Waals surface area contributed by atoms with Gasteiger partial charge in [-0.25, -0.2) is 0 Å². The van der Waals surface area contributed by atoms with Gasteiger partial charge in [0.2, 0.25) is 5.95 Å². The highest BCUT2D eigenvalue weighted by Crippen LogP contribution is 2.31. The maximum atomic E-state index is 4.95. The van der Waals surface area contributed by atoms with Gasteiger partial charge in [0.05, 0.1) is 5.39 Å². The quantitative estimate of drug-likeness (QED) is 0.852. The number of rotatable bonds is 2. The van der Waals surface area contributed by atoms with Crippen molar-refractivity contribution >= 4 is 35.2 Å². The van der Waals surface area contributed by atoms with Crippen LogP contribution in [0.25, 0.3) is 11.0 Å². The molecule has 0 amide bonds. The zero-order chi connectivity index (χ0) is 14.4. The van der Waals surface area contributed by atoms with Gasteiger partial charge in [-0.15, -0.1) is 12.4 Å². The van der Waals surface area contributed by atoms with Gasteiger partial charge < -0.3 is 14.4 Å². The molecule has 4 rings (SSSR count). The van der Waals surface area contributed by atoms with Crippen LogP contribution >= 0.6 is 12.4 Å². The number of halogens is 1. The molecule has 0 saturated carbocycles. The van der Waals surface area contributed by atoms with E-state index in [0.717, 1.165) is 43.6 Å².